The number of rotatable bonds is 6. The summed E-state index contributed by atoms with van der Waals surface area (Å²) in [4.78, 5) is 32.8. The zero-order valence-corrected chi connectivity index (χ0v) is 18.4. The van der Waals surface area contributed by atoms with E-state index in [4.69, 9.17) is 0 Å². The molecule has 0 aliphatic heterocycles. The maximum atomic E-state index is 13.1. The summed E-state index contributed by atoms with van der Waals surface area (Å²) in [6.07, 6.45) is 6.71. The minimum absolute atomic E-state index is 0.0530. The van der Waals surface area contributed by atoms with Gasteiger partial charge in [0, 0.05) is 25.2 Å². The van der Waals surface area contributed by atoms with E-state index in [1.807, 2.05) is 46.2 Å². The van der Waals surface area contributed by atoms with Crippen LogP contribution in [-0.4, -0.2) is 39.4 Å². The van der Waals surface area contributed by atoms with Crippen molar-refractivity contribution in [2.24, 2.45) is 0 Å². The number of aryl methyl sites for hydroxylation is 1. The smallest absolute Gasteiger partial charge is 0.268 e. The molecular weight excluding hydrogens is 396 g/mol. The number of fused-ring (bicyclic) bond motifs is 1. The van der Waals surface area contributed by atoms with Crippen molar-refractivity contribution in [3.8, 4) is 0 Å². The van der Waals surface area contributed by atoms with Crippen LogP contribution in [0.3, 0.4) is 0 Å². The summed E-state index contributed by atoms with van der Waals surface area (Å²) in [5.74, 6) is 0.415. The van der Waals surface area contributed by atoms with E-state index < -0.39 is 0 Å². The molecule has 2 heterocycles. The van der Waals surface area contributed by atoms with Crippen LogP contribution in [0.25, 0.3) is 11.0 Å². The average Bonchev–Trinajstić information content (AvgIpc) is 3.42. The van der Waals surface area contributed by atoms with Crippen molar-refractivity contribution in [1.82, 2.24) is 14.5 Å². The molecule has 0 bridgehead atoms. The predicted molar refractivity (Wildman–Crippen MR) is 121 cm³/mol. The molecule has 1 saturated carbocycles. The molecule has 2 amide bonds. The van der Waals surface area contributed by atoms with E-state index in [0.29, 0.717) is 29.0 Å². The number of nitrogens with zero attached hydrogens (tertiary/aromatic N) is 3. The highest BCUT2D eigenvalue weighted by Crippen LogP contribution is 2.26. The van der Waals surface area contributed by atoms with Crippen LogP contribution in [-0.2, 0) is 6.54 Å². The van der Waals surface area contributed by atoms with Gasteiger partial charge in [0.15, 0.2) is 0 Å². The summed E-state index contributed by atoms with van der Waals surface area (Å²) >= 11 is 1.40. The Hall–Kier alpha value is -2.67. The number of benzene rings is 1. The van der Waals surface area contributed by atoms with E-state index in [0.717, 1.165) is 30.3 Å². The number of hydrogen-bond donors (Lipinski definition) is 1. The fraction of sp³-hybridized carbons (Fsp3) is 0.435. The van der Waals surface area contributed by atoms with Gasteiger partial charge in [-0.15, -0.1) is 11.3 Å². The molecule has 2 aromatic heterocycles. The summed E-state index contributed by atoms with van der Waals surface area (Å²) in [6.45, 7) is 2.80. The monoisotopic (exact) mass is 424 g/mol. The lowest BCUT2D eigenvalue weighted by atomic mass is 9.94. The van der Waals surface area contributed by atoms with Gasteiger partial charge in [0.1, 0.15) is 0 Å². The Morgan fingerprint density at radius 3 is 2.73 bits per heavy atom. The lowest BCUT2D eigenvalue weighted by Gasteiger charge is -2.31. The van der Waals surface area contributed by atoms with Crippen molar-refractivity contribution in [2.75, 3.05) is 12.4 Å². The van der Waals surface area contributed by atoms with Gasteiger partial charge in [-0.05, 0) is 48.9 Å². The molecule has 0 unspecified atom stereocenters. The lowest BCUT2D eigenvalue weighted by Crippen LogP contribution is -2.38. The standard InChI is InChI=1S/C23H28N4O2S/c1-3-13-27-19-15-16(22(29)26(2)17-8-5-4-6-9-17)11-12-18(19)24-23(27)25-21(28)20-10-7-14-30-20/h7,10-12,14-15,17H,3-6,8-9,13H2,1-2H3,(H,24,25,28). The second-order valence-electron chi connectivity index (χ2n) is 7.93. The molecule has 1 aromatic carbocycles. The quantitative estimate of drug-likeness (QED) is 0.594. The maximum Gasteiger partial charge on any atom is 0.268 e. The summed E-state index contributed by atoms with van der Waals surface area (Å²) in [7, 11) is 1.92. The highest BCUT2D eigenvalue weighted by Gasteiger charge is 2.24. The van der Waals surface area contributed by atoms with Crippen molar-refractivity contribution in [3.63, 3.8) is 0 Å². The topological polar surface area (TPSA) is 67.2 Å². The van der Waals surface area contributed by atoms with Crippen LogP contribution in [0, 0.1) is 0 Å². The number of carbonyl (C=O) groups is 2. The van der Waals surface area contributed by atoms with Gasteiger partial charge in [-0.25, -0.2) is 4.98 Å². The number of nitrogens with one attached hydrogen (secondary N) is 1. The number of carbonyl (C=O) groups excluding carboxylic acids is 2. The third-order valence-electron chi connectivity index (χ3n) is 5.86. The molecule has 3 aromatic rings. The molecule has 7 heteroatoms. The van der Waals surface area contributed by atoms with E-state index in [1.165, 1.54) is 30.6 Å². The van der Waals surface area contributed by atoms with E-state index in [1.54, 1.807) is 6.07 Å². The average molecular weight is 425 g/mol. The molecule has 0 spiro atoms. The van der Waals surface area contributed by atoms with Gasteiger partial charge in [0.25, 0.3) is 11.8 Å². The van der Waals surface area contributed by atoms with E-state index in [2.05, 4.69) is 17.2 Å². The van der Waals surface area contributed by atoms with Gasteiger partial charge in [-0.3, -0.25) is 14.9 Å². The van der Waals surface area contributed by atoms with E-state index in [9.17, 15) is 9.59 Å². The lowest BCUT2D eigenvalue weighted by molar-refractivity contribution is 0.0696. The normalized spacial score (nSPS) is 14.7. The molecule has 6 nitrogen and oxygen atoms in total. The van der Waals surface area contributed by atoms with Crippen molar-refractivity contribution in [1.29, 1.82) is 0 Å². The number of thiophene rings is 1. The third kappa shape index (κ3) is 4.12. The molecule has 1 aliphatic rings. The van der Waals surface area contributed by atoms with Crippen molar-refractivity contribution < 1.29 is 9.59 Å². The van der Waals surface area contributed by atoms with Gasteiger partial charge in [0.05, 0.1) is 15.9 Å². The zero-order valence-electron chi connectivity index (χ0n) is 17.6. The number of anilines is 1. The molecule has 4 rings (SSSR count). The van der Waals surface area contributed by atoms with Crippen LogP contribution in [0.2, 0.25) is 0 Å². The van der Waals surface area contributed by atoms with Crippen LogP contribution >= 0.6 is 11.3 Å². The minimum atomic E-state index is -0.161. The fourth-order valence-electron chi connectivity index (χ4n) is 4.21. The molecule has 0 saturated heterocycles. The SMILES string of the molecule is CCCn1c(NC(=O)c2cccs2)nc2ccc(C(=O)N(C)C3CCCCC3)cc21. The van der Waals surface area contributed by atoms with Crippen LogP contribution in [0.1, 0.15) is 65.5 Å². The summed E-state index contributed by atoms with van der Waals surface area (Å²) in [5, 5.41) is 4.82. The maximum absolute atomic E-state index is 13.1. The number of aromatic nitrogens is 2. The van der Waals surface area contributed by atoms with Crippen molar-refractivity contribution in [3.05, 3.63) is 46.2 Å². The summed E-state index contributed by atoms with van der Waals surface area (Å²) in [6, 6.07) is 9.62. The van der Waals surface area contributed by atoms with Crippen LogP contribution in [0.5, 0.6) is 0 Å². The van der Waals surface area contributed by atoms with Crippen LogP contribution in [0.4, 0.5) is 5.95 Å². The molecule has 0 atom stereocenters. The predicted octanol–water partition coefficient (Wildman–Crippen LogP) is 5.16. The zero-order chi connectivity index (χ0) is 21.1. The third-order valence-corrected chi connectivity index (χ3v) is 6.72. The van der Waals surface area contributed by atoms with Gasteiger partial charge < -0.3 is 9.47 Å². The Labute approximate surface area is 180 Å². The summed E-state index contributed by atoms with van der Waals surface area (Å²) < 4.78 is 2.00. The van der Waals surface area contributed by atoms with Crippen molar-refractivity contribution in [2.45, 2.75) is 58.0 Å². The summed E-state index contributed by atoms with van der Waals surface area (Å²) in [5.41, 5.74) is 2.33. The van der Waals surface area contributed by atoms with Gasteiger partial charge >= 0.3 is 0 Å². The molecular formula is C23H28N4O2S. The first-order chi connectivity index (χ1) is 14.6. The van der Waals surface area contributed by atoms with Gasteiger partial charge in [0.2, 0.25) is 5.95 Å². The van der Waals surface area contributed by atoms with Crippen molar-refractivity contribution >= 4 is 40.1 Å². The Balaban J connectivity index is 1.63. The van der Waals surface area contributed by atoms with Crippen LogP contribution < -0.4 is 5.32 Å². The molecule has 30 heavy (non-hydrogen) atoms. The first-order valence-corrected chi connectivity index (χ1v) is 11.6. The Morgan fingerprint density at radius 1 is 1.23 bits per heavy atom. The van der Waals surface area contributed by atoms with E-state index >= 15 is 0 Å². The highest BCUT2D eigenvalue weighted by atomic mass is 32.1. The minimum Gasteiger partial charge on any atom is -0.339 e. The second-order valence-corrected chi connectivity index (χ2v) is 8.88. The number of imidazole rings is 1. The molecule has 1 fully saturated rings. The Kier molecular flexibility index (Phi) is 6.18. The molecule has 158 valence electrons. The first-order valence-electron chi connectivity index (χ1n) is 10.7. The Morgan fingerprint density at radius 2 is 2.03 bits per heavy atom. The molecule has 1 N–H and O–H groups in total. The molecule has 0 radical (unpaired) electrons. The first kappa shape index (κ1) is 20.6. The van der Waals surface area contributed by atoms with Gasteiger partial charge in [-0.1, -0.05) is 32.3 Å². The van der Waals surface area contributed by atoms with Crippen LogP contribution in [0.15, 0.2) is 35.7 Å². The molecule has 1 aliphatic carbocycles. The number of amides is 2. The largest absolute Gasteiger partial charge is 0.339 e. The van der Waals surface area contributed by atoms with Gasteiger partial charge in [-0.2, -0.15) is 0 Å². The Bertz CT molecular complexity index is 1040. The second kappa shape index (κ2) is 9.00. The van der Waals surface area contributed by atoms with E-state index in [-0.39, 0.29) is 11.8 Å². The highest BCUT2D eigenvalue weighted by molar-refractivity contribution is 7.12. The fourth-order valence-corrected chi connectivity index (χ4v) is 4.83. The number of hydrogen-bond acceptors (Lipinski definition) is 4.